The van der Waals surface area contributed by atoms with Gasteiger partial charge in [0.2, 0.25) is 12.2 Å². The van der Waals surface area contributed by atoms with Crippen molar-refractivity contribution in [2.75, 3.05) is 21.0 Å². The molecule has 0 amide bonds. The highest BCUT2D eigenvalue weighted by atomic mass is 16.7. The summed E-state index contributed by atoms with van der Waals surface area (Å²) in [5.41, 5.74) is 1.47. The second-order valence-corrected chi connectivity index (χ2v) is 7.55. The molecule has 0 fully saturated rings. The zero-order valence-electron chi connectivity index (χ0n) is 18.7. The number of aryl methyl sites for hydroxylation is 1. The molecule has 0 radical (unpaired) electrons. The average Bonchev–Trinajstić information content (AvgIpc) is 3.31. The Hall–Kier alpha value is -4.46. The molecule has 0 aliphatic carbocycles. The minimum Gasteiger partial charge on any atom is -0.493 e. The number of benzene rings is 3. The van der Waals surface area contributed by atoms with Crippen molar-refractivity contribution < 1.29 is 32.9 Å². The Morgan fingerprint density at radius 1 is 0.882 bits per heavy atom. The van der Waals surface area contributed by atoms with Crippen molar-refractivity contribution in [3.63, 3.8) is 0 Å². The van der Waals surface area contributed by atoms with Gasteiger partial charge in [-0.25, -0.2) is 4.79 Å². The normalized spacial score (nSPS) is 12.0. The lowest BCUT2D eigenvalue weighted by Crippen LogP contribution is -2.10. The van der Waals surface area contributed by atoms with Crippen LogP contribution in [0.15, 0.2) is 63.8 Å². The number of methoxy groups -OCH3 is 2. The van der Waals surface area contributed by atoms with Gasteiger partial charge in [0.1, 0.15) is 17.1 Å². The van der Waals surface area contributed by atoms with Gasteiger partial charge in [-0.15, -0.1) is 0 Å². The Morgan fingerprint density at radius 3 is 2.47 bits per heavy atom. The lowest BCUT2D eigenvalue weighted by Gasteiger charge is -2.12. The van der Waals surface area contributed by atoms with E-state index < -0.39 is 5.97 Å². The molecular formula is C26H20O8. The monoisotopic (exact) mass is 460 g/mol. The van der Waals surface area contributed by atoms with Crippen LogP contribution < -0.4 is 29.1 Å². The summed E-state index contributed by atoms with van der Waals surface area (Å²) in [6.45, 7) is 1.82. The van der Waals surface area contributed by atoms with Crippen LogP contribution >= 0.6 is 0 Å². The number of fused-ring (bicyclic) bond motifs is 2. The van der Waals surface area contributed by atoms with Crippen LogP contribution in [0.25, 0.3) is 22.1 Å². The average molecular weight is 460 g/mol. The fourth-order valence-electron chi connectivity index (χ4n) is 3.86. The van der Waals surface area contributed by atoms with Crippen molar-refractivity contribution in [2.45, 2.75) is 6.92 Å². The summed E-state index contributed by atoms with van der Waals surface area (Å²) in [6, 6.07) is 14.7. The summed E-state index contributed by atoms with van der Waals surface area (Å²) in [5.74, 6) is 2.22. The molecule has 1 aliphatic heterocycles. The van der Waals surface area contributed by atoms with Crippen molar-refractivity contribution in [1.29, 1.82) is 0 Å². The predicted molar refractivity (Wildman–Crippen MR) is 123 cm³/mol. The number of hydrogen-bond donors (Lipinski definition) is 0. The van der Waals surface area contributed by atoms with Crippen LogP contribution in [0.2, 0.25) is 0 Å². The molecule has 0 spiro atoms. The second-order valence-electron chi connectivity index (χ2n) is 7.55. The van der Waals surface area contributed by atoms with E-state index in [2.05, 4.69) is 0 Å². The lowest BCUT2D eigenvalue weighted by atomic mass is 10.0. The van der Waals surface area contributed by atoms with E-state index in [-0.39, 0.29) is 18.0 Å². The van der Waals surface area contributed by atoms with Crippen molar-refractivity contribution in [3.8, 4) is 39.9 Å². The topological polar surface area (TPSA) is 93.4 Å². The molecule has 34 heavy (non-hydrogen) atoms. The standard InChI is InChI=1S/C26H20O8/c1-14-24(15-4-8-19(29-2)22(10-15)30-3)25(27)18-7-6-17(12-21(18)33-14)34-26(28)16-5-9-20-23(11-16)32-13-31-20/h4-12H,13H2,1-3H3. The first kappa shape index (κ1) is 21.4. The zero-order chi connectivity index (χ0) is 23.8. The summed E-state index contributed by atoms with van der Waals surface area (Å²) in [5, 5.41) is 0.360. The van der Waals surface area contributed by atoms with Gasteiger partial charge in [-0.3, -0.25) is 4.79 Å². The molecule has 0 bridgehead atoms. The van der Waals surface area contributed by atoms with Crippen molar-refractivity contribution >= 4 is 16.9 Å². The van der Waals surface area contributed by atoms with Gasteiger partial charge in [0, 0.05) is 6.07 Å². The molecule has 4 aromatic rings. The third kappa shape index (κ3) is 3.69. The van der Waals surface area contributed by atoms with E-state index in [1.165, 1.54) is 13.2 Å². The molecule has 5 rings (SSSR count). The van der Waals surface area contributed by atoms with Gasteiger partial charge in [0.05, 0.1) is 30.7 Å². The first-order valence-electron chi connectivity index (χ1n) is 10.4. The highest BCUT2D eigenvalue weighted by molar-refractivity contribution is 5.92. The first-order valence-corrected chi connectivity index (χ1v) is 10.4. The predicted octanol–water partition coefficient (Wildman–Crippen LogP) is 4.73. The molecule has 0 N–H and O–H groups in total. The van der Waals surface area contributed by atoms with Gasteiger partial charge in [0.25, 0.3) is 0 Å². The SMILES string of the molecule is COc1ccc(-c2c(C)oc3cc(OC(=O)c4ccc5c(c4)OCO5)ccc3c2=O)cc1OC. The Balaban J connectivity index is 1.48. The van der Waals surface area contributed by atoms with Gasteiger partial charge >= 0.3 is 5.97 Å². The van der Waals surface area contributed by atoms with Crippen molar-refractivity contribution in [3.05, 3.63) is 76.1 Å². The van der Waals surface area contributed by atoms with E-state index in [9.17, 15) is 9.59 Å². The van der Waals surface area contributed by atoms with Crippen LogP contribution in [0.1, 0.15) is 16.1 Å². The van der Waals surface area contributed by atoms with Crippen LogP contribution in [-0.4, -0.2) is 27.0 Å². The molecule has 2 heterocycles. The van der Waals surface area contributed by atoms with Crippen LogP contribution in [0, 0.1) is 6.92 Å². The molecule has 8 heteroatoms. The number of ether oxygens (including phenoxy) is 5. The van der Waals surface area contributed by atoms with Gasteiger partial charge in [-0.1, -0.05) is 6.07 Å². The number of carbonyl (C=O) groups excluding carboxylic acids is 1. The second kappa shape index (κ2) is 8.47. The summed E-state index contributed by atoms with van der Waals surface area (Å²) >= 11 is 0. The quantitative estimate of drug-likeness (QED) is 0.312. The van der Waals surface area contributed by atoms with Gasteiger partial charge in [-0.2, -0.15) is 0 Å². The first-order chi connectivity index (χ1) is 16.5. The van der Waals surface area contributed by atoms with Gasteiger partial charge < -0.3 is 28.1 Å². The van der Waals surface area contributed by atoms with Crippen LogP contribution in [0.5, 0.6) is 28.7 Å². The zero-order valence-corrected chi connectivity index (χ0v) is 18.7. The fourth-order valence-corrected chi connectivity index (χ4v) is 3.86. The van der Waals surface area contributed by atoms with E-state index in [0.29, 0.717) is 56.4 Å². The molecule has 0 saturated heterocycles. The molecular weight excluding hydrogens is 440 g/mol. The Morgan fingerprint density at radius 2 is 1.68 bits per heavy atom. The number of hydrogen-bond acceptors (Lipinski definition) is 8. The highest BCUT2D eigenvalue weighted by Crippen LogP contribution is 2.35. The Bertz CT molecular complexity index is 1480. The lowest BCUT2D eigenvalue weighted by molar-refractivity contribution is 0.0734. The largest absolute Gasteiger partial charge is 0.493 e. The van der Waals surface area contributed by atoms with Crippen LogP contribution in [0.4, 0.5) is 0 Å². The van der Waals surface area contributed by atoms with Gasteiger partial charge in [0.15, 0.2) is 23.0 Å². The van der Waals surface area contributed by atoms with E-state index in [4.69, 9.17) is 28.1 Å². The molecule has 0 unspecified atom stereocenters. The maximum atomic E-state index is 13.3. The number of esters is 1. The molecule has 1 aliphatic rings. The summed E-state index contributed by atoms with van der Waals surface area (Å²) < 4.78 is 32.6. The third-order valence-electron chi connectivity index (χ3n) is 5.53. The maximum absolute atomic E-state index is 13.3. The van der Waals surface area contributed by atoms with Crippen molar-refractivity contribution in [1.82, 2.24) is 0 Å². The smallest absolute Gasteiger partial charge is 0.343 e. The molecule has 0 atom stereocenters. The minimum atomic E-state index is -0.571. The van der Waals surface area contributed by atoms with Crippen molar-refractivity contribution in [2.24, 2.45) is 0 Å². The molecule has 172 valence electrons. The summed E-state index contributed by atoms with van der Waals surface area (Å²) in [7, 11) is 3.08. The Kier molecular flexibility index (Phi) is 5.33. The summed E-state index contributed by atoms with van der Waals surface area (Å²) in [4.78, 5) is 25.9. The van der Waals surface area contributed by atoms with Crippen LogP contribution in [-0.2, 0) is 0 Å². The molecule has 3 aromatic carbocycles. The van der Waals surface area contributed by atoms with E-state index >= 15 is 0 Å². The number of rotatable bonds is 5. The Labute approximate surface area is 194 Å². The number of carbonyl (C=O) groups is 1. The molecule has 8 nitrogen and oxygen atoms in total. The van der Waals surface area contributed by atoms with E-state index in [1.54, 1.807) is 62.6 Å². The maximum Gasteiger partial charge on any atom is 0.343 e. The fraction of sp³-hybridized carbons (Fsp3) is 0.154. The van der Waals surface area contributed by atoms with E-state index in [0.717, 1.165) is 0 Å². The summed E-state index contributed by atoms with van der Waals surface area (Å²) in [6.07, 6.45) is 0. The molecule has 0 saturated carbocycles. The highest BCUT2D eigenvalue weighted by Gasteiger charge is 2.19. The molecule has 1 aromatic heterocycles. The van der Waals surface area contributed by atoms with Crippen LogP contribution in [0.3, 0.4) is 0 Å². The van der Waals surface area contributed by atoms with Gasteiger partial charge in [-0.05, 0) is 55.0 Å². The van der Waals surface area contributed by atoms with E-state index in [1.807, 2.05) is 0 Å². The minimum absolute atomic E-state index is 0.113. The third-order valence-corrected chi connectivity index (χ3v) is 5.53.